The number of carbonyl (C=O) groups excluding carboxylic acids is 1. The van der Waals surface area contributed by atoms with Crippen LogP contribution < -0.4 is 10.1 Å². The Bertz CT molecular complexity index is 937. The third-order valence-electron chi connectivity index (χ3n) is 4.29. The van der Waals surface area contributed by atoms with Gasteiger partial charge in [0.25, 0.3) is 5.91 Å². The Morgan fingerprint density at radius 1 is 1.11 bits per heavy atom. The van der Waals surface area contributed by atoms with Crippen LogP contribution in [0.1, 0.15) is 23.6 Å². The Kier molecular flexibility index (Phi) is 6.62. The largest absolute Gasteiger partial charge is 0.483 e. The fourth-order valence-corrected chi connectivity index (χ4v) is 3.66. The number of carbonyl (C=O) groups is 1. The van der Waals surface area contributed by atoms with Crippen LogP contribution in [-0.2, 0) is 21.2 Å². The summed E-state index contributed by atoms with van der Waals surface area (Å²) >= 11 is 0. The van der Waals surface area contributed by atoms with E-state index in [-0.39, 0.29) is 17.4 Å². The van der Waals surface area contributed by atoms with Gasteiger partial charge < -0.3 is 10.1 Å². The summed E-state index contributed by atoms with van der Waals surface area (Å²) in [5, 5.41) is 2.90. The third kappa shape index (κ3) is 4.87. The average Bonchev–Trinajstić information content (AvgIpc) is 2.62. The highest BCUT2D eigenvalue weighted by Crippen LogP contribution is 2.24. The molecule has 0 bridgehead atoms. The van der Waals surface area contributed by atoms with Crippen LogP contribution >= 0.6 is 0 Å². The van der Waals surface area contributed by atoms with Crippen molar-refractivity contribution in [2.75, 3.05) is 26.0 Å². The van der Waals surface area contributed by atoms with Gasteiger partial charge in [-0.1, -0.05) is 25.1 Å². The minimum atomic E-state index is -3.50. The maximum Gasteiger partial charge on any atom is 0.262 e. The van der Waals surface area contributed by atoms with Gasteiger partial charge >= 0.3 is 0 Å². The highest BCUT2D eigenvalue weighted by molar-refractivity contribution is 7.89. The molecule has 27 heavy (non-hydrogen) atoms. The van der Waals surface area contributed by atoms with Gasteiger partial charge in [-0.25, -0.2) is 12.7 Å². The van der Waals surface area contributed by atoms with Gasteiger partial charge in [0, 0.05) is 19.8 Å². The van der Waals surface area contributed by atoms with Crippen molar-refractivity contribution in [3.63, 3.8) is 0 Å². The van der Waals surface area contributed by atoms with Gasteiger partial charge in [-0.05, 0) is 55.2 Å². The van der Waals surface area contributed by atoms with E-state index in [4.69, 9.17) is 4.74 Å². The number of sulfonamides is 1. The summed E-state index contributed by atoms with van der Waals surface area (Å²) in [6.45, 7) is 5.58. The molecule has 0 spiro atoms. The van der Waals surface area contributed by atoms with Crippen molar-refractivity contribution in [3.8, 4) is 5.75 Å². The van der Waals surface area contributed by atoms with E-state index in [0.29, 0.717) is 11.3 Å². The highest BCUT2D eigenvalue weighted by atomic mass is 32.2. The molecule has 0 heterocycles. The molecule has 0 saturated heterocycles. The third-order valence-corrected chi connectivity index (χ3v) is 6.10. The number of anilines is 1. The molecule has 7 heteroatoms. The van der Waals surface area contributed by atoms with Gasteiger partial charge in [-0.2, -0.15) is 0 Å². The van der Waals surface area contributed by atoms with Gasteiger partial charge in [0.15, 0.2) is 6.61 Å². The summed E-state index contributed by atoms with van der Waals surface area (Å²) in [6, 6.07) is 10.5. The van der Waals surface area contributed by atoms with Crippen LogP contribution in [0, 0.1) is 13.8 Å². The van der Waals surface area contributed by atoms with E-state index >= 15 is 0 Å². The molecule has 0 radical (unpaired) electrons. The van der Waals surface area contributed by atoms with Crippen LogP contribution in [0.15, 0.2) is 41.3 Å². The van der Waals surface area contributed by atoms with Crippen molar-refractivity contribution in [3.05, 3.63) is 53.1 Å². The predicted octanol–water partition coefficient (Wildman–Crippen LogP) is 3.13. The second-order valence-corrected chi connectivity index (χ2v) is 8.67. The lowest BCUT2D eigenvalue weighted by atomic mass is 10.1. The second kappa shape index (κ2) is 8.54. The van der Waals surface area contributed by atoms with Gasteiger partial charge in [-0.15, -0.1) is 0 Å². The molecule has 0 aliphatic rings. The molecule has 1 N–H and O–H groups in total. The van der Waals surface area contributed by atoms with Crippen molar-refractivity contribution in [1.82, 2.24) is 4.31 Å². The topological polar surface area (TPSA) is 75.7 Å². The number of nitrogens with one attached hydrogen (secondary N) is 1. The van der Waals surface area contributed by atoms with Crippen molar-refractivity contribution in [2.45, 2.75) is 32.1 Å². The fraction of sp³-hybridized carbons (Fsp3) is 0.350. The molecule has 0 fully saturated rings. The van der Waals surface area contributed by atoms with E-state index in [2.05, 4.69) is 5.32 Å². The van der Waals surface area contributed by atoms with E-state index in [0.717, 1.165) is 27.5 Å². The summed E-state index contributed by atoms with van der Waals surface area (Å²) in [5.41, 5.74) is 3.53. The molecular weight excluding hydrogens is 364 g/mol. The molecule has 0 atom stereocenters. The zero-order valence-corrected chi connectivity index (χ0v) is 17.2. The molecule has 6 nitrogen and oxygen atoms in total. The maximum atomic E-state index is 12.3. The Balaban J connectivity index is 2.08. The minimum absolute atomic E-state index is 0.155. The summed E-state index contributed by atoms with van der Waals surface area (Å²) < 4.78 is 31.1. The van der Waals surface area contributed by atoms with E-state index in [1.807, 2.05) is 32.0 Å². The summed E-state index contributed by atoms with van der Waals surface area (Å²) in [5.74, 6) is 0.215. The number of nitrogens with zero attached hydrogens (tertiary/aromatic N) is 1. The summed E-state index contributed by atoms with van der Waals surface area (Å²) in [4.78, 5) is 12.5. The average molecular weight is 391 g/mol. The van der Waals surface area contributed by atoms with Crippen LogP contribution in [0.4, 0.5) is 5.69 Å². The summed E-state index contributed by atoms with van der Waals surface area (Å²) in [6.07, 6.45) is 0.819. The van der Waals surface area contributed by atoms with Crippen LogP contribution in [-0.4, -0.2) is 39.3 Å². The number of ether oxygens (including phenoxy) is 1. The Hall–Kier alpha value is -2.38. The highest BCUT2D eigenvalue weighted by Gasteiger charge is 2.18. The van der Waals surface area contributed by atoms with Gasteiger partial charge in [0.2, 0.25) is 10.0 Å². The Labute approximate surface area is 161 Å². The van der Waals surface area contributed by atoms with Crippen molar-refractivity contribution < 1.29 is 17.9 Å². The first-order chi connectivity index (χ1) is 12.7. The molecular formula is C20H26N2O4S. The normalized spacial score (nSPS) is 11.5. The number of benzene rings is 2. The Morgan fingerprint density at radius 3 is 2.41 bits per heavy atom. The lowest BCUT2D eigenvalue weighted by Gasteiger charge is -2.15. The van der Waals surface area contributed by atoms with Gasteiger partial charge in [0.1, 0.15) is 5.75 Å². The lowest BCUT2D eigenvalue weighted by Crippen LogP contribution is -2.23. The van der Waals surface area contributed by atoms with Crippen molar-refractivity contribution >= 4 is 21.6 Å². The first kappa shape index (κ1) is 20.9. The van der Waals surface area contributed by atoms with E-state index in [1.165, 1.54) is 20.2 Å². The fourth-order valence-electron chi connectivity index (χ4n) is 2.68. The monoisotopic (exact) mass is 390 g/mol. The van der Waals surface area contributed by atoms with Crippen molar-refractivity contribution in [1.29, 1.82) is 0 Å². The van der Waals surface area contributed by atoms with Crippen molar-refractivity contribution in [2.24, 2.45) is 0 Å². The number of hydrogen-bond acceptors (Lipinski definition) is 4. The standard InChI is InChI=1S/C20H26N2O4S/c1-6-16-9-7-8-14(2)20(16)21-19(23)13-26-18-11-10-17(12-15(18)3)27(24,25)22(4)5/h7-12H,6,13H2,1-5H3,(H,21,23). The smallest absolute Gasteiger partial charge is 0.262 e. The van der Waals surface area contributed by atoms with Gasteiger partial charge in [-0.3, -0.25) is 4.79 Å². The van der Waals surface area contributed by atoms with Crippen LogP contribution in [0.2, 0.25) is 0 Å². The molecule has 2 aromatic rings. The molecule has 146 valence electrons. The van der Waals surface area contributed by atoms with E-state index in [9.17, 15) is 13.2 Å². The molecule has 2 rings (SSSR count). The molecule has 1 amide bonds. The number of hydrogen-bond donors (Lipinski definition) is 1. The first-order valence-corrected chi connectivity index (χ1v) is 10.1. The predicted molar refractivity (Wildman–Crippen MR) is 107 cm³/mol. The molecule has 0 saturated carbocycles. The minimum Gasteiger partial charge on any atom is -0.483 e. The lowest BCUT2D eigenvalue weighted by molar-refractivity contribution is -0.118. The van der Waals surface area contributed by atoms with Crippen LogP contribution in [0.3, 0.4) is 0 Å². The Morgan fingerprint density at radius 2 is 1.81 bits per heavy atom. The molecule has 0 aliphatic heterocycles. The second-order valence-electron chi connectivity index (χ2n) is 6.51. The van der Waals surface area contributed by atoms with E-state index in [1.54, 1.807) is 19.1 Å². The molecule has 0 aromatic heterocycles. The number of aryl methyl sites for hydroxylation is 3. The van der Waals surface area contributed by atoms with Gasteiger partial charge in [0.05, 0.1) is 4.90 Å². The maximum absolute atomic E-state index is 12.3. The zero-order valence-electron chi connectivity index (χ0n) is 16.4. The summed E-state index contributed by atoms with van der Waals surface area (Å²) in [7, 11) is -0.539. The molecule has 2 aromatic carbocycles. The molecule has 0 aliphatic carbocycles. The van der Waals surface area contributed by atoms with E-state index < -0.39 is 10.0 Å². The van der Waals surface area contributed by atoms with Crippen LogP contribution in [0.5, 0.6) is 5.75 Å². The number of para-hydroxylation sites is 1. The van der Waals surface area contributed by atoms with Crippen LogP contribution in [0.25, 0.3) is 0 Å². The zero-order chi connectivity index (χ0) is 20.2. The molecule has 0 unspecified atom stereocenters. The number of rotatable bonds is 7. The number of amides is 1. The SMILES string of the molecule is CCc1cccc(C)c1NC(=O)COc1ccc(S(=O)(=O)N(C)C)cc1C. The quantitative estimate of drug-likeness (QED) is 0.788. The first-order valence-electron chi connectivity index (χ1n) is 8.71.